The molecule has 3 atom stereocenters. The van der Waals surface area contributed by atoms with E-state index in [1.165, 1.54) is 11.3 Å². The van der Waals surface area contributed by atoms with Crippen LogP contribution in [-0.4, -0.2) is 51.8 Å². The van der Waals surface area contributed by atoms with Gasteiger partial charge in [-0.2, -0.15) is 0 Å². The van der Waals surface area contributed by atoms with Crippen LogP contribution in [-0.2, 0) is 17.6 Å². The van der Waals surface area contributed by atoms with Crippen molar-refractivity contribution in [2.24, 2.45) is 5.92 Å². The van der Waals surface area contributed by atoms with Gasteiger partial charge >= 0.3 is 0 Å². The van der Waals surface area contributed by atoms with Crippen LogP contribution in [0.2, 0.25) is 0 Å². The highest BCUT2D eigenvalue weighted by Gasteiger charge is 2.52. The van der Waals surface area contributed by atoms with Crippen molar-refractivity contribution in [3.8, 4) is 0 Å². The maximum absolute atomic E-state index is 13.1. The number of likely N-dealkylation sites (N-methyl/N-ethyl adjacent to an activating group) is 1. The molecular weight excluding hydrogens is 426 g/mol. The van der Waals surface area contributed by atoms with E-state index in [0.29, 0.717) is 18.7 Å². The first-order chi connectivity index (χ1) is 15.5. The largest absolute Gasteiger partial charge is 0.396 e. The molecule has 1 aliphatic carbocycles. The van der Waals surface area contributed by atoms with Crippen molar-refractivity contribution in [3.63, 3.8) is 0 Å². The molecule has 1 fully saturated rings. The number of aliphatic hydroxyl groups is 1. The second kappa shape index (κ2) is 8.40. The highest BCUT2D eigenvalue weighted by Crippen LogP contribution is 2.53. The molecule has 1 aromatic carbocycles. The Hall–Kier alpha value is -3.17. The zero-order chi connectivity index (χ0) is 22.2. The Labute approximate surface area is 189 Å². The molecule has 32 heavy (non-hydrogen) atoms. The lowest BCUT2D eigenvalue weighted by atomic mass is 10.1. The Bertz CT molecular complexity index is 1160. The summed E-state index contributed by atoms with van der Waals surface area (Å²) in [4.78, 5) is 31.9. The summed E-state index contributed by atoms with van der Waals surface area (Å²) in [5, 5.41) is 21.1. The fourth-order valence-corrected chi connectivity index (χ4v) is 5.11. The number of hydrogen-bond donors (Lipinski definition) is 2. The van der Waals surface area contributed by atoms with Gasteiger partial charge in [0.1, 0.15) is 16.9 Å². The van der Waals surface area contributed by atoms with E-state index in [4.69, 9.17) is 5.11 Å². The van der Waals surface area contributed by atoms with Gasteiger partial charge in [-0.1, -0.05) is 41.7 Å². The second-order valence-corrected chi connectivity index (χ2v) is 9.30. The molecule has 2 N–H and O–H groups in total. The molecule has 0 radical (unpaired) electrons. The van der Waals surface area contributed by atoms with Gasteiger partial charge in [-0.05, 0) is 47.4 Å². The molecule has 0 saturated heterocycles. The van der Waals surface area contributed by atoms with E-state index in [1.54, 1.807) is 18.1 Å². The minimum atomic E-state index is -0.599. The number of aromatic nitrogens is 3. The van der Waals surface area contributed by atoms with Crippen molar-refractivity contribution < 1.29 is 14.7 Å². The summed E-state index contributed by atoms with van der Waals surface area (Å²) in [5.74, 6) is 0.449. The molecule has 0 bridgehead atoms. The molecule has 164 valence electrons. The Kier molecular flexibility index (Phi) is 5.44. The van der Waals surface area contributed by atoms with Gasteiger partial charge in [0.05, 0.1) is 0 Å². The Morgan fingerprint density at radius 2 is 2.00 bits per heavy atom. The van der Waals surface area contributed by atoms with Crippen LogP contribution in [0.1, 0.15) is 43.8 Å². The molecule has 2 amide bonds. The van der Waals surface area contributed by atoms with Gasteiger partial charge in [0.25, 0.3) is 11.8 Å². The molecule has 1 aliphatic heterocycles. The van der Waals surface area contributed by atoms with E-state index in [-0.39, 0.29) is 35.3 Å². The maximum atomic E-state index is 13.1. The van der Waals surface area contributed by atoms with Gasteiger partial charge in [0.2, 0.25) is 5.01 Å². The number of amides is 2. The topological polar surface area (TPSA) is 108 Å². The Balaban J connectivity index is 1.27. The number of anilines is 1. The third-order valence-corrected chi connectivity index (χ3v) is 7.05. The molecular formula is C23H23N5O3S. The SMILES string of the molecule is CN1C(=O)[C@@H](NC(=O)c2nnc(Cc3ccc(CCO)cc3)s2)C2CC2c2cccnc21. The number of nitrogens with zero attached hydrogens (tertiary/aromatic N) is 4. The monoisotopic (exact) mass is 449 g/mol. The number of hydrogen-bond acceptors (Lipinski definition) is 7. The van der Waals surface area contributed by atoms with E-state index >= 15 is 0 Å². The highest BCUT2D eigenvalue weighted by molar-refractivity contribution is 7.13. The summed E-state index contributed by atoms with van der Waals surface area (Å²) < 4.78 is 0. The summed E-state index contributed by atoms with van der Waals surface area (Å²) in [6.07, 6.45) is 3.74. The highest BCUT2D eigenvalue weighted by atomic mass is 32.1. The fraction of sp³-hybridized carbons (Fsp3) is 0.348. The molecule has 2 unspecified atom stereocenters. The molecule has 9 heteroatoms. The number of carbonyl (C=O) groups excluding carboxylic acids is 2. The number of aliphatic hydroxyl groups excluding tert-OH is 1. The number of pyridine rings is 1. The fourth-order valence-electron chi connectivity index (χ4n) is 4.33. The third-order valence-electron chi connectivity index (χ3n) is 6.13. The zero-order valence-corrected chi connectivity index (χ0v) is 18.4. The Morgan fingerprint density at radius 3 is 2.78 bits per heavy atom. The van der Waals surface area contributed by atoms with Crippen LogP contribution in [0.25, 0.3) is 0 Å². The smallest absolute Gasteiger partial charge is 0.282 e. The van der Waals surface area contributed by atoms with Crippen LogP contribution < -0.4 is 10.2 Å². The quantitative estimate of drug-likeness (QED) is 0.595. The van der Waals surface area contributed by atoms with Gasteiger partial charge in [-0.15, -0.1) is 10.2 Å². The number of nitrogens with one attached hydrogen (secondary N) is 1. The Morgan fingerprint density at radius 1 is 1.22 bits per heavy atom. The lowest BCUT2D eigenvalue weighted by molar-refractivity contribution is -0.120. The number of benzene rings is 1. The maximum Gasteiger partial charge on any atom is 0.282 e. The summed E-state index contributed by atoms with van der Waals surface area (Å²) in [6.45, 7) is 0.123. The summed E-state index contributed by atoms with van der Waals surface area (Å²) in [6, 6.07) is 11.2. The minimum Gasteiger partial charge on any atom is -0.396 e. The van der Waals surface area contributed by atoms with Crippen LogP contribution >= 0.6 is 11.3 Å². The van der Waals surface area contributed by atoms with Crippen molar-refractivity contribution in [3.05, 3.63) is 69.3 Å². The van der Waals surface area contributed by atoms with E-state index in [9.17, 15) is 9.59 Å². The third kappa shape index (κ3) is 3.89. The van der Waals surface area contributed by atoms with Crippen molar-refractivity contribution in [1.82, 2.24) is 20.5 Å². The van der Waals surface area contributed by atoms with Gasteiger partial charge < -0.3 is 10.4 Å². The van der Waals surface area contributed by atoms with Crippen LogP contribution in [0.5, 0.6) is 0 Å². The van der Waals surface area contributed by atoms with E-state index < -0.39 is 6.04 Å². The van der Waals surface area contributed by atoms with Crippen LogP contribution in [0.15, 0.2) is 42.6 Å². The number of carbonyl (C=O) groups is 2. The molecule has 3 aromatic rings. The van der Waals surface area contributed by atoms with Crippen LogP contribution in [0.3, 0.4) is 0 Å². The first kappa shape index (κ1) is 20.7. The molecule has 2 aromatic heterocycles. The van der Waals surface area contributed by atoms with Crippen molar-refractivity contribution in [2.45, 2.75) is 31.2 Å². The molecule has 1 saturated carbocycles. The van der Waals surface area contributed by atoms with Crippen LogP contribution in [0.4, 0.5) is 5.82 Å². The van der Waals surface area contributed by atoms with Gasteiger partial charge in [0.15, 0.2) is 0 Å². The predicted octanol–water partition coefficient (Wildman–Crippen LogP) is 1.94. The van der Waals surface area contributed by atoms with Crippen molar-refractivity contribution in [1.29, 1.82) is 0 Å². The predicted molar refractivity (Wildman–Crippen MR) is 120 cm³/mol. The summed E-state index contributed by atoms with van der Waals surface area (Å²) in [5.41, 5.74) is 3.19. The minimum absolute atomic E-state index is 0.0733. The van der Waals surface area contributed by atoms with E-state index in [2.05, 4.69) is 20.5 Å². The molecule has 3 heterocycles. The first-order valence-electron chi connectivity index (χ1n) is 10.6. The van der Waals surface area contributed by atoms with Crippen molar-refractivity contribution >= 4 is 29.0 Å². The standard InChI is InChI=1S/C23H23N5O3S/c1-28-20-15(3-2-9-24-20)16-12-17(16)19(23(28)31)25-21(30)22-27-26-18(32-22)11-14-6-4-13(5-7-14)8-10-29/h2-7,9,16-17,19,29H,8,10-12H2,1H3,(H,25,30)/t16?,17?,19-/m0/s1. The normalized spacial score (nSPS) is 21.5. The zero-order valence-electron chi connectivity index (χ0n) is 17.6. The number of rotatable bonds is 6. The molecule has 8 nitrogen and oxygen atoms in total. The summed E-state index contributed by atoms with van der Waals surface area (Å²) >= 11 is 1.24. The molecule has 0 spiro atoms. The van der Waals surface area contributed by atoms with Gasteiger partial charge in [-0.25, -0.2) is 4.98 Å². The lowest BCUT2D eigenvalue weighted by Crippen LogP contribution is -2.48. The van der Waals surface area contributed by atoms with Crippen molar-refractivity contribution in [2.75, 3.05) is 18.6 Å². The molecule has 5 rings (SSSR count). The lowest BCUT2D eigenvalue weighted by Gasteiger charge is -2.22. The average molecular weight is 450 g/mol. The summed E-state index contributed by atoms with van der Waals surface area (Å²) in [7, 11) is 1.70. The average Bonchev–Trinajstić information content (AvgIpc) is 3.47. The number of fused-ring (bicyclic) bond motifs is 3. The molecule has 2 aliphatic rings. The van der Waals surface area contributed by atoms with Crippen LogP contribution in [0, 0.1) is 5.92 Å². The first-order valence-corrected chi connectivity index (χ1v) is 11.4. The van der Waals surface area contributed by atoms with Gasteiger partial charge in [0, 0.05) is 26.3 Å². The van der Waals surface area contributed by atoms with Gasteiger partial charge in [-0.3, -0.25) is 14.5 Å². The van der Waals surface area contributed by atoms with E-state index in [0.717, 1.165) is 28.1 Å². The second-order valence-electron chi connectivity index (χ2n) is 8.24. The van der Waals surface area contributed by atoms with E-state index in [1.807, 2.05) is 36.4 Å².